The highest BCUT2D eigenvalue weighted by molar-refractivity contribution is 5.75. The van der Waals surface area contributed by atoms with Crippen molar-refractivity contribution in [1.82, 2.24) is 4.98 Å². The molecule has 0 radical (unpaired) electrons. The number of aromatic nitrogens is 1. The third kappa shape index (κ3) is 1.89. The first-order valence-electron chi connectivity index (χ1n) is 3.61. The summed E-state index contributed by atoms with van der Waals surface area (Å²) in [6, 6.07) is 3.72. The van der Waals surface area contributed by atoms with Crippen molar-refractivity contribution < 1.29 is 0 Å². The molecule has 1 aromatic rings. The predicted molar refractivity (Wildman–Crippen MR) is 52.7 cm³/mol. The molecule has 60 valence electrons. The van der Waals surface area contributed by atoms with Crippen LogP contribution in [0, 0.1) is 0 Å². The van der Waals surface area contributed by atoms with Crippen molar-refractivity contribution in [2.24, 2.45) is 4.99 Å². The second-order valence-corrected chi connectivity index (χ2v) is 2.13. The van der Waals surface area contributed by atoms with Gasteiger partial charge in [-0.05, 0) is 18.2 Å². The van der Waals surface area contributed by atoms with E-state index in [0.717, 1.165) is 11.4 Å². The third-order valence-electron chi connectivity index (χ3n) is 1.33. The van der Waals surface area contributed by atoms with E-state index in [1.54, 1.807) is 24.6 Å². The minimum absolute atomic E-state index is 0.788. The third-order valence-corrected chi connectivity index (χ3v) is 1.33. The molecule has 0 amide bonds. The van der Waals surface area contributed by atoms with Gasteiger partial charge in [-0.15, -0.1) is 0 Å². The van der Waals surface area contributed by atoms with Gasteiger partial charge in [-0.1, -0.05) is 19.2 Å². The van der Waals surface area contributed by atoms with Crippen molar-refractivity contribution in [1.29, 1.82) is 0 Å². The van der Waals surface area contributed by atoms with Crippen LogP contribution in [0.3, 0.4) is 0 Å². The molecule has 0 fully saturated rings. The van der Waals surface area contributed by atoms with Gasteiger partial charge in [-0.25, -0.2) is 0 Å². The highest BCUT2D eigenvalue weighted by Gasteiger charge is 1.93. The summed E-state index contributed by atoms with van der Waals surface area (Å²) in [4.78, 5) is 8.20. The minimum atomic E-state index is 0.788. The lowest BCUT2D eigenvalue weighted by Crippen LogP contribution is -1.79. The van der Waals surface area contributed by atoms with Crippen LogP contribution in [0.5, 0.6) is 0 Å². The van der Waals surface area contributed by atoms with Gasteiger partial charge in [0.25, 0.3) is 0 Å². The zero-order valence-corrected chi connectivity index (χ0v) is 6.77. The smallest absolute Gasteiger partial charge is 0.0886 e. The lowest BCUT2D eigenvalue weighted by atomic mass is 10.3. The number of hydrogen-bond donors (Lipinski definition) is 0. The van der Waals surface area contributed by atoms with Gasteiger partial charge >= 0.3 is 0 Å². The number of aliphatic imine (C=N–C) groups is 1. The van der Waals surface area contributed by atoms with E-state index < -0.39 is 0 Å². The molecule has 1 heterocycles. The van der Waals surface area contributed by atoms with E-state index >= 15 is 0 Å². The summed E-state index contributed by atoms with van der Waals surface area (Å²) in [6.45, 7) is 7.17. The molecule has 0 N–H and O–H groups in total. The molecule has 2 heteroatoms. The molecule has 0 aliphatic carbocycles. The summed E-state index contributed by atoms with van der Waals surface area (Å²) < 4.78 is 0. The molecule has 1 aromatic heterocycles. The van der Waals surface area contributed by atoms with E-state index in [9.17, 15) is 0 Å². The van der Waals surface area contributed by atoms with Gasteiger partial charge in [-0.2, -0.15) is 0 Å². The highest BCUT2D eigenvalue weighted by Crippen LogP contribution is 2.15. The summed E-state index contributed by atoms with van der Waals surface area (Å²) in [6.07, 6.45) is 6.64. The van der Waals surface area contributed by atoms with Gasteiger partial charge in [0.15, 0.2) is 0 Å². The monoisotopic (exact) mass is 158 g/mol. The Morgan fingerprint density at radius 1 is 1.42 bits per heavy atom. The average Bonchev–Trinajstić information content (AvgIpc) is 2.15. The molecule has 0 saturated carbocycles. The summed E-state index contributed by atoms with van der Waals surface area (Å²) in [5, 5.41) is 0. The van der Waals surface area contributed by atoms with E-state index in [2.05, 4.69) is 23.1 Å². The summed E-state index contributed by atoms with van der Waals surface area (Å²) in [5.74, 6) is 0. The molecule has 0 unspecified atom stereocenters. The van der Waals surface area contributed by atoms with Crippen LogP contribution in [-0.4, -0.2) is 11.2 Å². The Morgan fingerprint density at radius 3 is 2.92 bits per heavy atom. The molecule has 0 saturated heterocycles. The molecule has 0 aliphatic heterocycles. The first-order valence-corrected chi connectivity index (χ1v) is 3.61. The number of rotatable bonds is 3. The highest BCUT2D eigenvalue weighted by atomic mass is 14.8. The Bertz CT molecular complexity index is 313. The zero-order valence-electron chi connectivity index (χ0n) is 6.77. The number of allylic oxidation sites excluding steroid dienone is 1. The predicted octanol–water partition coefficient (Wildman–Crippen LogP) is 2.61. The van der Waals surface area contributed by atoms with E-state index in [0.29, 0.717) is 0 Å². The molecule has 2 nitrogen and oxygen atoms in total. The normalized spacial score (nSPS) is 10.0. The van der Waals surface area contributed by atoms with Crippen LogP contribution in [0.25, 0.3) is 6.08 Å². The van der Waals surface area contributed by atoms with Crippen molar-refractivity contribution in [2.75, 3.05) is 0 Å². The second-order valence-electron chi connectivity index (χ2n) is 2.13. The van der Waals surface area contributed by atoms with Gasteiger partial charge in [0, 0.05) is 12.4 Å². The molecule has 0 bridgehead atoms. The Kier molecular flexibility index (Phi) is 2.96. The van der Waals surface area contributed by atoms with Gasteiger partial charge in [0.2, 0.25) is 0 Å². The Labute approximate surface area is 72.0 Å². The van der Waals surface area contributed by atoms with Crippen LogP contribution in [0.15, 0.2) is 42.6 Å². The quantitative estimate of drug-likeness (QED) is 0.621. The Morgan fingerprint density at radius 2 is 2.25 bits per heavy atom. The lowest BCUT2D eigenvalue weighted by Gasteiger charge is -1.95. The summed E-state index contributed by atoms with van der Waals surface area (Å²) >= 11 is 0. The molecule has 1 rings (SSSR count). The molecular weight excluding hydrogens is 148 g/mol. The Hall–Kier alpha value is -1.70. The minimum Gasteiger partial charge on any atom is -0.255 e. The zero-order chi connectivity index (χ0) is 8.81. The number of pyridine rings is 1. The van der Waals surface area contributed by atoms with Gasteiger partial charge in [-0.3, -0.25) is 9.98 Å². The topological polar surface area (TPSA) is 25.2 Å². The van der Waals surface area contributed by atoms with Crippen LogP contribution >= 0.6 is 0 Å². The van der Waals surface area contributed by atoms with Crippen molar-refractivity contribution in [3.63, 3.8) is 0 Å². The first kappa shape index (κ1) is 8.40. The maximum Gasteiger partial charge on any atom is 0.0886 e. The fourth-order valence-corrected chi connectivity index (χ4v) is 0.808. The van der Waals surface area contributed by atoms with Crippen LogP contribution in [0.4, 0.5) is 5.69 Å². The van der Waals surface area contributed by atoms with E-state index in [1.807, 2.05) is 12.1 Å². The van der Waals surface area contributed by atoms with Crippen molar-refractivity contribution in [3.8, 4) is 0 Å². The fraction of sp³-hybridized carbons (Fsp3) is 0. The lowest BCUT2D eigenvalue weighted by molar-refractivity contribution is 1.28. The Balaban J connectivity index is 3.04. The largest absolute Gasteiger partial charge is 0.255 e. The maximum absolute atomic E-state index is 4.12. The first-order chi connectivity index (χ1) is 5.88. The average molecular weight is 158 g/mol. The maximum atomic E-state index is 4.12. The van der Waals surface area contributed by atoms with E-state index in [-0.39, 0.29) is 0 Å². The molecule has 0 aliphatic rings. The molecule has 0 spiro atoms. The van der Waals surface area contributed by atoms with Gasteiger partial charge < -0.3 is 0 Å². The second kappa shape index (κ2) is 4.23. The molecule has 0 atom stereocenters. The van der Waals surface area contributed by atoms with E-state index in [1.165, 1.54) is 0 Å². The molecule has 0 aromatic carbocycles. The van der Waals surface area contributed by atoms with Crippen LogP contribution in [-0.2, 0) is 0 Å². The summed E-state index contributed by atoms with van der Waals surface area (Å²) in [5.41, 5.74) is 1.60. The summed E-state index contributed by atoms with van der Waals surface area (Å²) in [7, 11) is 0. The van der Waals surface area contributed by atoms with Gasteiger partial charge in [0.1, 0.15) is 0 Å². The molecule has 12 heavy (non-hydrogen) atoms. The fourth-order valence-electron chi connectivity index (χ4n) is 0.808. The van der Waals surface area contributed by atoms with Crippen LogP contribution in [0.1, 0.15) is 5.69 Å². The van der Waals surface area contributed by atoms with Crippen LogP contribution < -0.4 is 0 Å². The van der Waals surface area contributed by atoms with Gasteiger partial charge in [0.05, 0.1) is 11.4 Å². The van der Waals surface area contributed by atoms with Crippen molar-refractivity contribution in [2.45, 2.75) is 0 Å². The van der Waals surface area contributed by atoms with Crippen molar-refractivity contribution in [3.05, 3.63) is 43.3 Å². The van der Waals surface area contributed by atoms with Crippen LogP contribution in [0.2, 0.25) is 0 Å². The SMILES string of the molecule is C=CC=Nc1cccnc1C=C. The van der Waals surface area contributed by atoms with E-state index in [4.69, 9.17) is 0 Å². The standard InChI is InChI=1S/C10H10N2/c1-3-7-11-10-6-5-8-12-9(10)4-2/h3-8H,1-2H2. The number of hydrogen-bond acceptors (Lipinski definition) is 2. The number of nitrogens with zero attached hydrogens (tertiary/aromatic N) is 2. The molecular formula is C10H10N2. The van der Waals surface area contributed by atoms with Crippen molar-refractivity contribution >= 4 is 18.0 Å².